The molecule has 1 amide bonds. The largest absolute Gasteiger partial charge is 0.381 e. The summed E-state index contributed by atoms with van der Waals surface area (Å²) in [5, 5.41) is 7.15. The smallest absolute Gasteiger partial charge is 0.255 e. The third-order valence-electron chi connectivity index (χ3n) is 5.50. The number of nitrogens with one attached hydrogen (secondary N) is 1. The zero-order valence-electron chi connectivity index (χ0n) is 16.3. The zero-order valence-corrected chi connectivity index (χ0v) is 17.1. The molecule has 8 nitrogen and oxygen atoms in total. The van der Waals surface area contributed by atoms with E-state index in [-0.39, 0.29) is 10.8 Å². The number of hydrogen-bond donors (Lipinski definition) is 1. The summed E-state index contributed by atoms with van der Waals surface area (Å²) in [6.07, 6.45) is 7.27. The highest BCUT2D eigenvalue weighted by Crippen LogP contribution is 2.22. The zero-order chi connectivity index (χ0) is 20.3. The van der Waals surface area contributed by atoms with Crippen molar-refractivity contribution < 1.29 is 17.9 Å². The van der Waals surface area contributed by atoms with Gasteiger partial charge in [0.15, 0.2) is 0 Å². The lowest BCUT2D eigenvalue weighted by Crippen LogP contribution is -2.27. The maximum atomic E-state index is 12.6. The number of aromatic nitrogens is 2. The molecule has 0 aliphatic carbocycles. The molecular formula is C20H26N4O4S. The van der Waals surface area contributed by atoms with Crippen LogP contribution < -0.4 is 5.32 Å². The quantitative estimate of drug-likeness (QED) is 0.777. The number of rotatable bonds is 6. The van der Waals surface area contributed by atoms with Gasteiger partial charge in [-0.15, -0.1) is 0 Å². The summed E-state index contributed by atoms with van der Waals surface area (Å²) in [6, 6.07) is 6.09. The molecule has 0 radical (unpaired) electrons. The van der Waals surface area contributed by atoms with E-state index in [1.165, 1.54) is 16.4 Å². The fourth-order valence-electron chi connectivity index (χ4n) is 3.78. The first-order valence-electron chi connectivity index (χ1n) is 10.0. The second-order valence-electron chi connectivity index (χ2n) is 7.60. The molecule has 2 fully saturated rings. The Morgan fingerprint density at radius 2 is 1.83 bits per heavy atom. The van der Waals surface area contributed by atoms with Crippen LogP contribution in [0.4, 0.5) is 5.69 Å². The van der Waals surface area contributed by atoms with Crippen molar-refractivity contribution in [3.05, 3.63) is 42.2 Å². The van der Waals surface area contributed by atoms with Gasteiger partial charge in [-0.2, -0.15) is 9.40 Å². The topological polar surface area (TPSA) is 93.5 Å². The SMILES string of the molecule is O=C(Nc1cnn(CC2CCOCC2)c1)c1ccc(S(=O)(=O)N2CCCC2)cc1. The van der Waals surface area contributed by atoms with Crippen LogP contribution in [0.1, 0.15) is 36.0 Å². The molecule has 1 N–H and O–H groups in total. The number of carbonyl (C=O) groups excluding carboxylic acids is 1. The van der Waals surface area contributed by atoms with Gasteiger partial charge < -0.3 is 10.1 Å². The molecule has 1 aromatic carbocycles. The summed E-state index contributed by atoms with van der Waals surface area (Å²) in [5.41, 5.74) is 1.03. The predicted octanol–water partition coefficient (Wildman–Crippen LogP) is 2.35. The van der Waals surface area contributed by atoms with Crippen molar-refractivity contribution in [2.24, 2.45) is 5.92 Å². The lowest BCUT2D eigenvalue weighted by Gasteiger charge is -2.21. The van der Waals surface area contributed by atoms with Crippen LogP contribution in [0.3, 0.4) is 0 Å². The Balaban J connectivity index is 1.37. The minimum absolute atomic E-state index is 0.222. The van der Waals surface area contributed by atoms with Crippen LogP contribution in [0.2, 0.25) is 0 Å². The van der Waals surface area contributed by atoms with Crippen LogP contribution in [0.15, 0.2) is 41.6 Å². The Morgan fingerprint density at radius 1 is 1.14 bits per heavy atom. The Bertz CT molecular complexity index is 943. The summed E-state index contributed by atoms with van der Waals surface area (Å²) in [6.45, 7) is 3.51. The van der Waals surface area contributed by atoms with Crippen molar-refractivity contribution in [2.75, 3.05) is 31.6 Å². The van der Waals surface area contributed by atoms with E-state index >= 15 is 0 Å². The molecule has 1 aromatic heterocycles. The molecule has 0 atom stereocenters. The monoisotopic (exact) mass is 418 g/mol. The first kappa shape index (κ1) is 20.1. The molecule has 0 bridgehead atoms. The van der Waals surface area contributed by atoms with Crippen molar-refractivity contribution in [2.45, 2.75) is 37.1 Å². The highest BCUT2D eigenvalue weighted by molar-refractivity contribution is 7.89. The lowest BCUT2D eigenvalue weighted by molar-refractivity contribution is 0.0601. The van der Waals surface area contributed by atoms with Crippen LogP contribution in [-0.4, -0.2) is 54.7 Å². The Kier molecular flexibility index (Phi) is 5.98. The molecule has 156 valence electrons. The Morgan fingerprint density at radius 3 is 2.52 bits per heavy atom. The van der Waals surface area contributed by atoms with Crippen molar-refractivity contribution in [3.63, 3.8) is 0 Å². The number of sulfonamides is 1. The fraction of sp³-hybridized carbons (Fsp3) is 0.500. The van der Waals surface area contributed by atoms with Crippen molar-refractivity contribution >= 4 is 21.6 Å². The van der Waals surface area contributed by atoms with E-state index in [2.05, 4.69) is 10.4 Å². The van der Waals surface area contributed by atoms with Gasteiger partial charge in [-0.25, -0.2) is 8.42 Å². The second kappa shape index (κ2) is 8.64. The van der Waals surface area contributed by atoms with Crippen LogP contribution in [0.5, 0.6) is 0 Å². The van der Waals surface area contributed by atoms with E-state index in [4.69, 9.17) is 4.74 Å². The molecule has 0 unspecified atom stereocenters. The molecule has 2 saturated heterocycles. The second-order valence-corrected chi connectivity index (χ2v) is 9.53. The fourth-order valence-corrected chi connectivity index (χ4v) is 5.30. The van der Waals surface area contributed by atoms with E-state index in [9.17, 15) is 13.2 Å². The van der Waals surface area contributed by atoms with Gasteiger partial charge in [0.1, 0.15) is 0 Å². The van der Waals surface area contributed by atoms with Crippen LogP contribution in [0.25, 0.3) is 0 Å². The van der Waals surface area contributed by atoms with Gasteiger partial charge in [0.05, 0.1) is 16.8 Å². The summed E-state index contributed by atoms with van der Waals surface area (Å²) < 4.78 is 33.9. The molecule has 2 aliphatic heterocycles. The van der Waals surface area contributed by atoms with Gasteiger partial charge in [0.2, 0.25) is 10.0 Å². The van der Waals surface area contributed by atoms with Crippen LogP contribution in [0, 0.1) is 5.92 Å². The summed E-state index contributed by atoms with van der Waals surface area (Å²) in [4.78, 5) is 12.7. The van der Waals surface area contributed by atoms with E-state index < -0.39 is 10.0 Å². The van der Waals surface area contributed by atoms with Gasteiger partial charge in [-0.05, 0) is 55.9 Å². The third-order valence-corrected chi connectivity index (χ3v) is 7.41. The lowest BCUT2D eigenvalue weighted by atomic mass is 10.0. The van der Waals surface area contributed by atoms with Crippen LogP contribution >= 0.6 is 0 Å². The first-order valence-corrected chi connectivity index (χ1v) is 11.5. The molecular weight excluding hydrogens is 392 g/mol. The Hall–Kier alpha value is -2.23. The van der Waals surface area contributed by atoms with Crippen molar-refractivity contribution in [1.29, 1.82) is 0 Å². The van der Waals surface area contributed by atoms with Gasteiger partial charge >= 0.3 is 0 Å². The van der Waals surface area contributed by atoms with Gasteiger partial charge in [-0.3, -0.25) is 9.48 Å². The van der Waals surface area contributed by atoms with E-state index in [0.717, 1.165) is 45.4 Å². The summed E-state index contributed by atoms with van der Waals surface area (Å²) >= 11 is 0. The number of amides is 1. The summed E-state index contributed by atoms with van der Waals surface area (Å²) in [7, 11) is -3.47. The highest BCUT2D eigenvalue weighted by Gasteiger charge is 2.27. The van der Waals surface area contributed by atoms with E-state index in [1.54, 1.807) is 18.3 Å². The van der Waals surface area contributed by atoms with Gasteiger partial charge in [0.25, 0.3) is 5.91 Å². The molecule has 0 saturated carbocycles. The van der Waals surface area contributed by atoms with Crippen molar-refractivity contribution in [3.8, 4) is 0 Å². The average Bonchev–Trinajstić information content (AvgIpc) is 3.42. The van der Waals surface area contributed by atoms with E-state index in [0.29, 0.717) is 30.3 Å². The predicted molar refractivity (Wildman–Crippen MR) is 108 cm³/mol. The molecule has 3 heterocycles. The number of hydrogen-bond acceptors (Lipinski definition) is 5. The van der Waals surface area contributed by atoms with E-state index in [1.807, 2.05) is 10.9 Å². The molecule has 0 spiro atoms. The molecule has 2 aromatic rings. The number of ether oxygens (including phenoxy) is 1. The van der Waals surface area contributed by atoms with Crippen LogP contribution in [-0.2, 0) is 21.3 Å². The molecule has 9 heteroatoms. The first-order chi connectivity index (χ1) is 14.0. The van der Waals surface area contributed by atoms with Gasteiger partial charge in [-0.1, -0.05) is 0 Å². The summed E-state index contributed by atoms with van der Waals surface area (Å²) in [5.74, 6) is 0.248. The minimum Gasteiger partial charge on any atom is -0.381 e. The maximum Gasteiger partial charge on any atom is 0.255 e. The standard InChI is InChI=1S/C20H26N4O4S/c25-20(22-18-13-21-23(15-18)14-16-7-11-28-12-8-16)17-3-5-19(6-4-17)29(26,27)24-9-1-2-10-24/h3-6,13,15-16H,1-2,7-12,14H2,(H,22,25). The average molecular weight is 419 g/mol. The number of anilines is 1. The number of nitrogens with zero attached hydrogens (tertiary/aromatic N) is 3. The molecule has 2 aliphatic rings. The van der Waals surface area contributed by atoms with Crippen molar-refractivity contribution in [1.82, 2.24) is 14.1 Å². The number of carbonyl (C=O) groups is 1. The Labute approximate surface area is 170 Å². The normalized spacial score (nSPS) is 18.8. The highest BCUT2D eigenvalue weighted by atomic mass is 32.2. The minimum atomic E-state index is -3.47. The third kappa shape index (κ3) is 4.68. The number of benzene rings is 1. The van der Waals surface area contributed by atoms with Gasteiger partial charge in [0, 0.05) is 44.6 Å². The molecule has 29 heavy (non-hydrogen) atoms. The maximum absolute atomic E-state index is 12.6. The molecule has 4 rings (SSSR count).